The first-order chi connectivity index (χ1) is 5.75. The Morgan fingerprint density at radius 1 is 1.50 bits per heavy atom. The molecule has 0 aromatic carbocycles. The van der Waals surface area contributed by atoms with Gasteiger partial charge in [-0.3, -0.25) is 0 Å². The Kier molecular flexibility index (Phi) is 4.44. The Labute approximate surface area is 80.9 Å². The zero-order valence-electron chi connectivity index (χ0n) is 8.55. The SMILES string of the molecule is CCSCCN(C)[C@@H](C)C1CC1. The van der Waals surface area contributed by atoms with Gasteiger partial charge in [0.15, 0.2) is 0 Å². The van der Waals surface area contributed by atoms with E-state index in [9.17, 15) is 0 Å². The predicted octanol–water partition coefficient (Wildman–Crippen LogP) is 2.47. The van der Waals surface area contributed by atoms with Gasteiger partial charge in [0.05, 0.1) is 0 Å². The molecule has 0 aliphatic heterocycles. The predicted molar refractivity (Wildman–Crippen MR) is 57.8 cm³/mol. The van der Waals surface area contributed by atoms with Crippen molar-refractivity contribution in [1.82, 2.24) is 4.90 Å². The largest absolute Gasteiger partial charge is 0.303 e. The second-order valence-electron chi connectivity index (χ2n) is 3.76. The van der Waals surface area contributed by atoms with Crippen LogP contribution in [0.4, 0.5) is 0 Å². The van der Waals surface area contributed by atoms with E-state index in [1.165, 1.54) is 30.9 Å². The summed E-state index contributed by atoms with van der Waals surface area (Å²) in [5.74, 6) is 3.57. The molecule has 0 saturated heterocycles. The van der Waals surface area contributed by atoms with Gasteiger partial charge >= 0.3 is 0 Å². The van der Waals surface area contributed by atoms with E-state index in [1.807, 2.05) is 11.8 Å². The Morgan fingerprint density at radius 2 is 2.17 bits per heavy atom. The normalized spacial score (nSPS) is 20.0. The van der Waals surface area contributed by atoms with Gasteiger partial charge in [-0.1, -0.05) is 6.92 Å². The second kappa shape index (κ2) is 5.13. The first-order valence-electron chi connectivity index (χ1n) is 5.03. The highest BCUT2D eigenvalue weighted by Crippen LogP contribution is 2.34. The average molecular weight is 187 g/mol. The molecule has 0 heterocycles. The van der Waals surface area contributed by atoms with Gasteiger partial charge < -0.3 is 4.90 Å². The van der Waals surface area contributed by atoms with Crippen LogP contribution in [0.1, 0.15) is 26.7 Å². The molecule has 0 spiro atoms. The summed E-state index contributed by atoms with van der Waals surface area (Å²) in [4.78, 5) is 2.51. The number of thioether (sulfide) groups is 1. The summed E-state index contributed by atoms with van der Waals surface area (Å²) in [6.45, 7) is 5.86. The van der Waals surface area contributed by atoms with Crippen molar-refractivity contribution in [1.29, 1.82) is 0 Å². The van der Waals surface area contributed by atoms with E-state index in [0.717, 1.165) is 12.0 Å². The maximum Gasteiger partial charge on any atom is 0.00924 e. The van der Waals surface area contributed by atoms with Crippen LogP contribution in [0.15, 0.2) is 0 Å². The zero-order chi connectivity index (χ0) is 8.97. The fourth-order valence-electron chi connectivity index (χ4n) is 1.50. The minimum Gasteiger partial charge on any atom is -0.303 e. The maximum atomic E-state index is 2.51. The third-order valence-corrected chi connectivity index (χ3v) is 3.67. The van der Waals surface area contributed by atoms with Crippen molar-refractivity contribution in [2.45, 2.75) is 32.7 Å². The van der Waals surface area contributed by atoms with Crippen molar-refractivity contribution in [2.24, 2.45) is 5.92 Å². The molecule has 0 N–H and O–H groups in total. The summed E-state index contributed by atoms with van der Waals surface area (Å²) < 4.78 is 0. The highest BCUT2D eigenvalue weighted by atomic mass is 32.2. The minimum absolute atomic E-state index is 0.822. The van der Waals surface area contributed by atoms with E-state index in [4.69, 9.17) is 0 Å². The molecule has 0 bridgehead atoms. The summed E-state index contributed by atoms with van der Waals surface area (Å²) in [6, 6.07) is 0.822. The van der Waals surface area contributed by atoms with E-state index in [-0.39, 0.29) is 0 Å². The molecular formula is C10H21NS. The summed E-state index contributed by atoms with van der Waals surface area (Å²) in [7, 11) is 2.26. The van der Waals surface area contributed by atoms with E-state index >= 15 is 0 Å². The highest BCUT2D eigenvalue weighted by Gasteiger charge is 2.29. The lowest BCUT2D eigenvalue weighted by molar-refractivity contribution is 0.248. The van der Waals surface area contributed by atoms with Crippen LogP contribution in [0.3, 0.4) is 0 Å². The molecule has 0 unspecified atom stereocenters. The second-order valence-corrected chi connectivity index (χ2v) is 5.15. The molecule has 0 aromatic rings. The lowest BCUT2D eigenvalue weighted by Gasteiger charge is -2.24. The molecule has 1 fully saturated rings. The summed E-state index contributed by atoms with van der Waals surface area (Å²) >= 11 is 2.04. The Balaban J connectivity index is 2.04. The molecule has 1 aliphatic rings. The van der Waals surface area contributed by atoms with Gasteiger partial charge in [-0.25, -0.2) is 0 Å². The molecule has 0 radical (unpaired) electrons. The zero-order valence-corrected chi connectivity index (χ0v) is 9.36. The fourth-order valence-corrected chi connectivity index (χ4v) is 2.20. The molecular weight excluding hydrogens is 166 g/mol. The van der Waals surface area contributed by atoms with Crippen molar-refractivity contribution >= 4 is 11.8 Å². The lowest BCUT2D eigenvalue weighted by Crippen LogP contribution is -2.32. The van der Waals surface area contributed by atoms with Crippen LogP contribution >= 0.6 is 11.8 Å². The summed E-state index contributed by atoms with van der Waals surface area (Å²) in [5.41, 5.74) is 0. The van der Waals surface area contributed by atoms with Crippen LogP contribution < -0.4 is 0 Å². The van der Waals surface area contributed by atoms with Gasteiger partial charge in [0.25, 0.3) is 0 Å². The number of rotatable bonds is 6. The van der Waals surface area contributed by atoms with E-state index in [2.05, 4.69) is 25.8 Å². The van der Waals surface area contributed by atoms with Crippen molar-refractivity contribution in [3.63, 3.8) is 0 Å². The van der Waals surface area contributed by atoms with Crippen LogP contribution in [-0.2, 0) is 0 Å². The molecule has 12 heavy (non-hydrogen) atoms. The molecule has 1 aliphatic carbocycles. The third-order valence-electron chi connectivity index (χ3n) is 2.79. The Bertz CT molecular complexity index is 123. The smallest absolute Gasteiger partial charge is 0.00924 e. The first-order valence-corrected chi connectivity index (χ1v) is 6.19. The minimum atomic E-state index is 0.822. The van der Waals surface area contributed by atoms with Gasteiger partial charge in [-0.2, -0.15) is 11.8 Å². The number of nitrogens with zero attached hydrogens (tertiary/aromatic N) is 1. The Morgan fingerprint density at radius 3 is 2.67 bits per heavy atom. The van der Waals surface area contributed by atoms with Crippen LogP contribution in [0, 0.1) is 5.92 Å². The summed E-state index contributed by atoms with van der Waals surface area (Å²) in [5, 5.41) is 0. The fraction of sp³-hybridized carbons (Fsp3) is 1.00. The third kappa shape index (κ3) is 3.36. The maximum absolute atomic E-state index is 2.51. The lowest BCUT2D eigenvalue weighted by atomic mass is 10.2. The van der Waals surface area contributed by atoms with E-state index < -0.39 is 0 Å². The number of hydrogen-bond acceptors (Lipinski definition) is 2. The van der Waals surface area contributed by atoms with Crippen LogP contribution in [0.5, 0.6) is 0 Å². The summed E-state index contributed by atoms with van der Waals surface area (Å²) in [6.07, 6.45) is 2.93. The van der Waals surface area contributed by atoms with Gasteiger partial charge in [0, 0.05) is 18.3 Å². The van der Waals surface area contributed by atoms with Crippen molar-refractivity contribution < 1.29 is 0 Å². The molecule has 1 rings (SSSR count). The molecule has 72 valence electrons. The van der Waals surface area contributed by atoms with Crippen molar-refractivity contribution in [2.75, 3.05) is 25.1 Å². The highest BCUT2D eigenvalue weighted by molar-refractivity contribution is 7.99. The van der Waals surface area contributed by atoms with Crippen LogP contribution in [0.2, 0.25) is 0 Å². The average Bonchev–Trinajstić information content (AvgIpc) is 2.86. The van der Waals surface area contributed by atoms with Crippen LogP contribution in [0.25, 0.3) is 0 Å². The van der Waals surface area contributed by atoms with E-state index in [0.29, 0.717) is 0 Å². The van der Waals surface area contributed by atoms with Crippen molar-refractivity contribution in [3.05, 3.63) is 0 Å². The topological polar surface area (TPSA) is 3.24 Å². The van der Waals surface area contributed by atoms with E-state index in [1.54, 1.807) is 0 Å². The van der Waals surface area contributed by atoms with Crippen molar-refractivity contribution in [3.8, 4) is 0 Å². The molecule has 2 heteroatoms. The monoisotopic (exact) mass is 187 g/mol. The molecule has 1 atom stereocenters. The van der Waals surface area contributed by atoms with Gasteiger partial charge in [-0.05, 0) is 38.5 Å². The molecule has 1 saturated carbocycles. The van der Waals surface area contributed by atoms with Gasteiger partial charge in [0.1, 0.15) is 0 Å². The Hall–Kier alpha value is 0.310. The van der Waals surface area contributed by atoms with Gasteiger partial charge in [0.2, 0.25) is 0 Å². The molecule has 0 aromatic heterocycles. The quantitative estimate of drug-likeness (QED) is 0.588. The molecule has 1 nitrogen and oxygen atoms in total. The first kappa shape index (κ1) is 10.4. The number of hydrogen-bond donors (Lipinski definition) is 0. The standard InChI is InChI=1S/C10H21NS/c1-4-12-8-7-11(3)9(2)10-5-6-10/h9-10H,4-8H2,1-3H3/t9-/m0/s1. The van der Waals surface area contributed by atoms with Crippen LogP contribution in [-0.4, -0.2) is 36.0 Å². The van der Waals surface area contributed by atoms with Gasteiger partial charge in [-0.15, -0.1) is 0 Å². The molecule has 0 amide bonds.